The van der Waals surface area contributed by atoms with Crippen molar-refractivity contribution >= 4 is 33.3 Å². The molecule has 0 bridgehead atoms. The third-order valence-corrected chi connectivity index (χ3v) is 6.46. The quantitative estimate of drug-likeness (QED) is 0.263. The lowest BCUT2D eigenvalue weighted by Gasteiger charge is -2.09. The lowest BCUT2D eigenvalue weighted by Crippen LogP contribution is -2.22. The first kappa shape index (κ1) is 18.6. The zero-order valence-corrected chi connectivity index (χ0v) is 17.1. The molecule has 0 N–H and O–H groups in total. The third-order valence-electron chi connectivity index (χ3n) is 4.38. The summed E-state index contributed by atoms with van der Waals surface area (Å²) in [5, 5.41) is 5.37. The summed E-state index contributed by atoms with van der Waals surface area (Å²) in [7, 11) is 0. The molecule has 28 heavy (non-hydrogen) atoms. The summed E-state index contributed by atoms with van der Waals surface area (Å²) >= 11 is 2.96. The Morgan fingerprint density at radius 3 is 2.79 bits per heavy atom. The summed E-state index contributed by atoms with van der Waals surface area (Å²) in [6.45, 7) is 8.15. The predicted molar refractivity (Wildman–Crippen MR) is 113 cm³/mol. The predicted octanol–water partition coefficient (Wildman–Crippen LogP) is 4.60. The number of nitrogens with zero attached hydrogens (tertiary/aromatic N) is 4. The van der Waals surface area contributed by atoms with Crippen molar-refractivity contribution in [1.29, 1.82) is 0 Å². The van der Waals surface area contributed by atoms with Crippen LogP contribution in [-0.4, -0.2) is 19.7 Å². The summed E-state index contributed by atoms with van der Waals surface area (Å²) in [6.07, 6.45) is 1.70. The highest BCUT2D eigenvalue weighted by atomic mass is 32.2. The Bertz CT molecular complexity index is 1210. The van der Waals surface area contributed by atoms with Gasteiger partial charge in [-0.15, -0.1) is 17.9 Å². The Morgan fingerprint density at radius 2 is 2.04 bits per heavy atom. The number of benzene rings is 1. The molecule has 0 aliphatic rings. The fourth-order valence-electron chi connectivity index (χ4n) is 2.85. The molecule has 142 valence electrons. The van der Waals surface area contributed by atoms with E-state index in [0.717, 1.165) is 20.8 Å². The maximum Gasteiger partial charge on any atom is 0.263 e. The van der Waals surface area contributed by atoms with Gasteiger partial charge in [0.05, 0.1) is 11.1 Å². The first-order valence-corrected chi connectivity index (χ1v) is 10.5. The van der Waals surface area contributed by atoms with Crippen LogP contribution in [0.5, 0.6) is 0 Å². The number of hydrogen-bond donors (Lipinski definition) is 0. The monoisotopic (exact) mass is 410 g/mol. The van der Waals surface area contributed by atoms with Gasteiger partial charge in [0, 0.05) is 17.0 Å². The molecule has 0 atom stereocenters. The van der Waals surface area contributed by atoms with Crippen molar-refractivity contribution in [2.45, 2.75) is 31.3 Å². The maximum absolute atomic E-state index is 13.0. The van der Waals surface area contributed by atoms with Gasteiger partial charge in [-0.1, -0.05) is 41.2 Å². The minimum atomic E-state index is -0.0349. The number of aryl methyl sites for hydroxylation is 2. The van der Waals surface area contributed by atoms with Crippen molar-refractivity contribution in [2.24, 2.45) is 0 Å². The van der Waals surface area contributed by atoms with Crippen LogP contribution in [0, 0.1) is 13.8 Å². The summed E-state index contributed by atoms with van der Waals surface area (Å²) in [5.41, 5.74) is 1.84. The lowest BCUT2D eigenvalue weighted by molar-refractivity contribution is 0.425. The molecule has 1 aromatic carbocycles. The highest BCUT2D eigenvalue weighted by Crippen LogP contribution is 2.29. The fourth-order valence-corrected chi connectivity index (χ4v) is 4.77. The maximum atomic E-state index is 13.0. The van der Waals surface area contributed by atoms with Crippen LogP contribution >= 0.6 is 23.1 Å². The van der Waals surface area contributed by atoms with E-state index in [1.165, 1.54) is 11.8 Å². The van der Waals surface area contributed by atoms with Crippen molar-refractivity contribution in [2.75, 3.05) is 0 Å². The molecule has 0 saturated heterocycles. The van der Waals surface area contributed by atoms with Crippen LogP contribution in [0.3, 0.4) is 0 Å². The van der Waals surface area contributed by atoms with E-state index >= 15 is 0 Å². The van der Waals surface area contributed by atoms with Gasteiger partial charge in [0.15, 0.2) is 11.0 Å². The molecule has 0 saturated carbocycles. The topological polar surface area (TPSA) is 73.8 Å². The molecule has 0 amide bonds. The molecular formula is C20H18N4O2S2. The molecule has 0 aliphatic heterocycles. The number of thiophene rings is 1. The molecule has 0 spiro atoms. The molecule has 0 fully saturated rings. The number of hydrogen-bond acceptors (Lipinski definition) is 7. The largest absolute Gasteiger partial charge is 0.334 e. The number of aromatic nitrogens is 4. The number of thioether (sulfide) groups is 1. The standard InChI is InChI=1S/C20H18N4O2S2/c1-4-10-24-19(25)16-12(2)13(3)28-18(16)22-20(24)27-11-15-21-17(26-23-15)14-8-6-5-7-9-14/h4-9H,1,10-11H2,2-3H3. The van der Waals surface area contributed by atoms with Gasteiger partial charge in [0.25, 0.3) is 11.4 Å². The molecular weight excluding hydrogens is 392 g/mol. The number of fused-ring (bicyclic) bond motifs is 1. The Hall–Kier alpha value is -2.71. The van der Waals surface area contributed by atoms with Crippen LogP contribution in [-0.2, 0) is 12.3 Å². The second-order valence-corrected chi connectivity index (χ2v) is 8.38. The van der Waals surface area contributed by atoms with Crippen LogP contribution in [0.2, 0.25) is 0 Å². The van der Waals surface area contributed by atoms with E-state index in [1.807, 2.05) is 44.2 Å². The Kier molecular flexibility index (Phi) is 5.15. The van der Waals surface area contributed by atoms with Crippen molar-refractivity contribution in [3.63, 3.8) is 0 Å². The van der Waals surface area contributed by atoms with Gasteiger partial charge in [-0.25, -0.2) is 4.98 Å². The summed E-state index contributed by atoms with van der Waals surface area (Å²) in [6, 6.07) is 9.62. The molecule has 4 rings (SSSR count). The summed E-state index contributed by atoms with van der Waals surface area (Å²) < 4.78 is 7.00. The van der Waals surface area contributed by atoms with E-state index in [0.29, 0.717) is 34.6 Å². The SMILES string of the molecule is C=CCn1c(SCc2noc(-c3ccccc3)n2)nc2sc(C)c(C)c2c1=O. The highest BCUT2D eigenvalue weighted by molar-refractivity contribution is 7.98. The minimum Gasteiger partial charge on any atom is -0.334 e. The van der Waals surface area contributed by atoms with Gasteiger partial charge in [-0.05, 0) is 31.5 Å². The Labute approximate surface area is 169 Å². The zero-order chi connectivity index (χ0) is 19.7. The summed E-state index contributed by atoms with van der Waals surface area (Å²) in [5.74, 6) is 1.49. The van der Waals surface area contributed by atoms with Gasteiger partial charge >= 0.3 is 0 Å². The van der Waals surface area contributed by atoms with Crippen molar-refractivity contribution < 1.29 is 4.52 Å². The average molecular weight is 411 g/mol. The van der Waals surface area contributed by atoms with Crippen LogP contribution in [0.25, 0.3) is 21.7 Å². The second kappa shape index (κ2) is 7.73. The average Bonchev–Trinajstić information content (AvgIpc) is 3.28. The van der Waals surface area contributed by atoms with Crippen LogP contribution < -0.4 is 5.56 Å². The molecule has 0 unspecified atom stereocenters. The Morgan fingerprint density at radius 1 is 1.25 bits per heavy atom. The van der Waals surface area contributed by atoms with E-state index in [4.69, 9.17) is 9.51 Å². The van der Waals surface area contributed by atoms with Gasteiger partial charge in [0.1, 0.15) is 4.83 Å². The number of rotatable bonds is 6. The van der Waals surface area contributed by atoms with Crippen LogP contribution in [0.1, 0.15) is 16.3 Å². The number of allylic oxidation sites excluding steroid dienone is 1. The normalized spacial score (nSPS) is 11.2. The molecule has 3 heterocycles. The lowest BCUT2D eigenvalue weighted by atomic mass is 10.2. The highest BCUT2D eigenvalue weighted by Gasteiger charge is 2.17. The smallest absolute Gasteiger partial charge is 0.263 e. The molecule has 8 heteroatoms. The van der Waals surface area contributed by atoms with Gasteiger partial charge in [0.2, 0.25) is 0 Å². The Balaban J connectivity index is 1.64. The van der Waals surface area contributed by atoms with E-state index in [2.05, 4.69) is 16.7 Å². The van der Waals surface area contributed by atoms with Gasteiger partial charge in [-0.3, -0.25) is 9.36 Å². The van der Waals surface area contributed by atoms with Gasteiger partial charge < -0.3 is 4.52 Å². The third kappa shape index (κ3) is 3.41. The van der Waals surface area contributed by atoms with Crippen molar-refractivity contribution in [3.05, 3.63) is 69.6 Å². The molecule has 3 aromatic heterocycles. The van der Waals surface area contributed by atoms with Crippen molar-refractivity contribution in [1.82, 2.24) is 19.7 Å². The summed E-state index contributed by atoms with van der Waals surface area (Å²) in [4.78, 5) is 24.0. The van der Waals surface area contributed by atoms with E-state index in [1.54, 1.807) is 22.0 Å². The second-order valence-electron chi connectivity index (χ2n) is 6.23. The zero-order valence-electron chi connectivity index (χ0n) is 15.5. The molecule has 0 radical (unpaired) electrons. The molecule has 0 aliphatic carbocycles. The van der Waals surface area contributed by atoms with Crippen LogP contribution in [0.4, 0.5) is 0 Å². The molecule has 6 nitrogen and oxygen atoms in total. The van der Waals surface area contributed by atoms with E-state index < -0.39 is 0 Å². The first-order chi connectivity index (χ1) is 13.6. The van der Waals surface area contributed by atoms with Gasteiger partial charge in [-0.2, -0.15) is 4.98 Å². The van der Waals surface area contributed by atoms with Crippen molar-refractivity contribution in [3.8, 4) is 11.5 Å². The first-order valence-electron chi connectivity index (χ1n) is 8.70. The fraction of sp³-hybridized carbons (Fsp3) is 0.200. The molecule has 4 aromatic rings. The van der Waals surface area contributed by atoms with E-state index in [9.17, 15) is 4.79 Å². The van der Waals surface area contributed by atoms with E-state index in [-0.39, 0.29) is 5.56 Å². The minimum absolute atomic E-state index is 0.0349. The van der Waals surface area contributed by atoms with Crippen LogP contribution in [0.15, 0.2) is 57.5 Å².